The van der Waals surface area contributed by atoms with Gasteiger partial charge in [0, 0.05) is 5.69 Å². The number of methoxy groups -OCH3 is 1. The van der Waals surface area contributed by atoms with Crippen LogP contribution in [-0.2, 0) is 4.79 Å². The molecule has 1 amide bonds. The Kier molecular flexibility index (Phi) is 5.39. The van der Waals surface area contributed by atoms with E-state index in [0.29, 0.717) is 5.69 Å². The number of anilines is 1. The van der Waals surface area contributed by atoms with E-state index in [1.165, 1.54) is 12.8 Å². The van der Waals surface area contributed by atoms with E-state index in [9.17, 15) is 10.1 Å². The number of ether oxygens (including phenoxy) is 1. The molecular formula is C17H20N2O2. The molecule has 0 unspecified atom stereocenters. The van der Waals surface area contributed by atoms with Gasteiger partial charge in [0.2, 0.25) is 0 Å². The van der Waals surface area contributed by atoms with Gasteiger partial charge in [0.15, 0.2) is 0 Å². The minimum Gasteiger partial charge on any atom is -0.497 e. The molecule has 21 heavy (non-hydrogen) atoms. The highest BCUT2D eigenvalue weighted by molar-refractivity contribution is 6.07. The highest BCUT2D eigenvalue weighted by Gasteiger charge is 2.16. The Morgan fingerprint density at radius 1 is 1.14 bits per heavy atom. The third kappa shape index (κ3) is 4.09. The fourth-order valence-corrected chi connectivity index (χ4v) is 2.56. The number of carbonyl (C=O) groups excluding carboxylic acids is 1. The van der Waals surface area contributed by atoms with Crippen LogP contribution >= 0.6 is 0 Å². The second-order valence-corrected chi connectivity index (χ2v) is 5.19. The van der Waals surface area contributed by atoms with Crippen LogP contribution in [0.4, 0.5) is 5.69 Å². The van der Waals surface area contributed by atoms with Crippen LogP contribution in [0.15, 0.2) is 35.4 Å². The first-order valence-electron chi connectivity index (χ1n) is 7.32. The van der Waals surface area contributed by atoms with Crippen molar-refractivity contribution in [1.82, 2.24) is 0 Å². The Bertz CT molecular complexity index is 557. The molecule has 2 rings (SSSR count). The lowest BCUT2D eigenvalue weighted by Crippen LogP contribution is -2.15. The summed E-state index contributed by atoms with van der Waals surface area (Å²) in [6, 6.07) is 9.18. The Labute approximate surface area is 125 Å². The first kappa shape index (κ1) is 15.1. The molecule has 0 bridgehead atoms. The second-order valence-electron chi connectivity index (χ2n) is 5.19. The first-order valence-corrected chi connectivity index (χ1v) is 7.32. The van der Waals surface area contributed by atoms with Crippen molar-refractivity contribution in [1.29, 1.82) is 5.26 Å². The summed E-state index contributed by atoms with van der Waals surface area (Å²) in [6.45, 7) is 0. The summed E-state index contributed by atoms with van der Waals surface area (Å²) in [7, 11) is 1.60. The van der Waals surface area contributed by atoms with E-state index in [-0.39, 0.29) is 11.5 Å². The summed E-state index contributed by atoms with van der Waals surface area (Å²) >= 11 is 0. The number of carbonyl (C=O) groups is 1. The number of hydrogen-bond acceptors (Lipinski definition) is 3. The number of nitrogens with one attached hydrogen (secondary N) is 1. The number of benzene rings is 1. The van der Waals surface area contributed by atoms with Gasteiger partial charge < -0.3 is 10.1 Å². The van der Waals surface area contributed by atoms with Crippen LogP contribution in [0.3, 0.4) is 0 Å². The Morgan fingerprint density at radius 3 is 2.29 bits per heavy atom. The van der Waals surface area contributed by atoms with Gasteiger partial charge in [-0.25, -0.2) is 0 Å². The van der Waals surface area contributed by atoms with E-state index in [2.05, 4.69) is 11.4 Å². The van der Waals surface area contributed by atoms with Crippen LogP contribution in [0.5, 0.6) is 5.75 Å². The van der Waals surface area contributed by atoms with Gasteiger partial charge >= 0.3 is 0 Å². The van der Waals surface area contributed by atoms with Crippen LogP contribution in [0.25, 0.3) is 0 Å². The lowest BCUT2D eigenvalue weighted by Gasteiger charge is -2.09. The summed E-state index contributed by atoms with van der Waals surface area (Å²) < 4.78 is 5.08. The van der Waals surface area contributed by atoms with Gasteiger partial charge in [-0.2, -0.15) is 5.26 Å². The SMILES string of the molecule is COc1ccc(NC(=O)C(C#N)=C2CCCCCC2)cc1. The summed E-state index contributed by atoms with van der Waals surface area (Å²) in [5.74, 6) is 0.426. The zero-order valence-electron chi connectivity index (χ0n) is 12.3. The maximum atomic E-state index is 12.3. The molecule has 0 spiro atoms. The predicted octanol–water partition coefficient (Wildman–Crippen LogP) is 3.81. The molecule has 0 saturated heterocycles. The zero-order valence-corrected chi connectivity index (χ0v) is 12.3. The molecular weight excluding hydrogens is 264 g/mol. The van der Waals surface area contributed by atoms with Gasteiger partial charge in [-0.3, -0.25) is 4.79 Å². The van der Waals surface area contributed by atoms with E-state index in [4.69, 9.17) is 4.74 Å². The summed E-state index contributed by atoms with van der Waals surface area (Å²) in [5.41, 5.74) is 1.96. The molecule has 4 nitrogen and oxygen atoms in total. The van der Waals surface area contributed by atoms with Gasteiger partial charge in [0.1, 0.15) is 17.4 Å². The minimum absolute atomic E-state index is 0.285. The van der Waals surface area contributed by atoms with E-state index < -0.39 is 0 Å². The smallest absolute Gasteiger partial charge is 0.266 e. The number of hydrogen-bond donors (Lipinski definition) is 1. The lowest BCUT2D eigenvalue weighted by atomic mass is 10.0. The Morgan fingerprint density at radius 2 is 1.76 bits per heavy atom. The summed E-state index contributed by atoms with van der Waals surface area (Å²) in [4.78, 5) is 12.3. The topological polar surface area (TPSA) is 62.1 Å². The van der Waals surface area contributed by atoms with Crippen molar-refractivity contribution in [2.24, 2.45) is 0 Å². The van der Waals surface area contributed by atoms with Gasteiger partial charge in [-0.1, -0.05) is 12.8 Å². The van der Waals surface area contributed by atoms with Gasteiger partial charge in [-0.15, -0.1) is 0 Å². The molecule has 0 radical (unpaired) electrons. The van der Waals surface area contributed by atoms with Crippen LogP contribution in [-0.4, -0.2) is 13.0 Å². The molecule has 1 aliphatic carbocycles. The molecule has 0 atom stereocenters. The van der Waals surface area contributed by atoms with Crippen molar-refractivity contribution in [3.05, 3.63) is 35.4 Å². The zero-order chi connectivity index (χ0) is 15.1. The molecule has 0 aliphatic heterocycles. The quantitative estimate of drug-likeness (QED) is 0.521. The monoisotopic (exact) mass is 284 g/mol. The van der Waals surface area contributed by atoms with Gasteiger partial charge in [-0.05, 0) is 55.5 Å². The molecule has 1 saturated carbocycles. The molecule has 0 heterocycles. The largest absolute Gasteiger partial charge is 0.497 e. The molecule has 1 N–H and O–H groups in total. The van der Waals surface area contributed by atoms with E-state index in [0.717, 1.165) is 37.0 Å². The van der Waals surface area contributed by atoms with Crippen molar-refractivity contribution in [2.75, 3.05) is 12.4 Å². The number of allylic oxidation sites excluding steroid dienone is 1. The third-order valence-corrected chi connectivity index (χ3v) is 3.75. The van der Waals surface area contributed by atoms with Gasteiger partial charge in [0.05, 0.1) is 7.11 Å². The number of nitrogens with zero attached hydrogens (tertiary/aromatic N) is 1. The number of rotatable bonds is 3. The molecule has 4 heteroatoms. The fourth-order valence-electron chi connectivity index (χ4n) is 2.56. The Balaban J connectivity index is 2.12. The Hall–Kier alpha value is -2.28. The van der Waals surface area contributed by atoms with Crippen molar-refractivity contribution >= 4 is 11.6 Å². The lowest BCUT2D eigenvalue weighted by molar-refractivity contribution is -0.112. The number of amides is 1. The molecule has 1 fully saturated rings. The number of nitriles is 1. The average Bonchev–Trinajstić information content (AvgIpc) is 2.78. The predicted molar refractivity (Wildman–Crippen MR) is 82.0 cm³/mol. The van der Waals surface area contributed by atoms with E-state index in [1.54, 1.807) is 31.4 Å². The maximum Gasteiger partial charge on any atom is 0.266 e. The van der Waals surface area contributed by atoms with Crippen molar-refractivity contribution in [2.45, 2.75) is 38.5 Å². The molecule has 110 valence electrons. The van der Waals surface area contributed by atoms with Crippen LogP contribution in [0.2, 0.25) is 0 Å². The highest BCUT2D eigenvalue weighted by Crippen LogP contribution is 2.25. The van der Waals surface area contributed by atoms with E-state index in [1.807, 2.05) is 0 Å². The summed E-state index contributed by atoms with van der Waals surface area (Å²) in [5, 5.41) is 12.1. The molecule has 0 aromatic heterocycles. The second kappa shape index (κ2) is 7.49. The van der Waals surface area contributed by atoms with Crippen LogP contribution < -0.4 is 10.1 Å². The fraction of sp³-hybridized carbons (Fsp3) is 0.412. The minimum atomic E-state index is -0.306. The molecule has 1 aliphatic rings. The van der Waals surface area contributed by atoms with Crippen molar-refractivity contribution in [3.63, 3.8) is 0 Å². The summed E-state index contributed by atoms with van der Waals surface area (Å²) in [6.07, 6.45) is 6.22. The highest BCUT2D eigenvalue weighted by atomic mass is 16.5. The maximum absolute atomic E-state index is 12.3. The third-order valence-electron chi connectivity index (χ3n) is 3.75. The van der Waals surface area contributed by atoms with Crippen molar-refractivity contribution in [3.8, 4) is 11.8 Å². The molecule has 1 aromatic rings. The van der Waals surface area contributed by atoms with Crippen LogP contribution in [0.1, 0.15) is 38.5 Å². The molecule has 1 aromatic carbocycles. The first-order chi connectivity index (χ1) is 10.2. The standard InChI is InChI=1S/C17H20N2O2/c1-21-15-10-8-14(9-11-15)19-17(20)16(12-18)13-6-4-2-3-5-7-13/h8-11H,2-7H2,1H3,(H,19,20). The van der Waals surface area contributed by atoms with Crippen LogP contribution in [0, 0.1) is 11.3 Å². The van der Waals surface area contributed by atoms with E-state index >= 15 is 0 Å². The van der Waals surface area contributed by atoms with Gasteiger partial charge in [0.25, 0.3) is 5.91 Å². The van der Waals surface area contributed by atoms with Crippen molar-refractivity contribution < 1.29 is 9.53 Å². The normalized spacial score (nSPS) is 14.8. The average molecular weight is 284 g/mol.